The number of thiazole rings is 1. The van der Waals surface area contributed by atoms with Gasteiger partial charge in [0.25, 0.3) is 0 Å². The van der Waals surface area contributed by atoms with E-state index in [1.807, 2.05) is 36.4 Å². The first-order valence-electron chi connectivity index (χ1n) is 8.14. The van der Waals surface area contributed by atoms with Gasteiger partial charge in [-0.25, -0.2) is 9.37 Å². The molecule has 26 heavy (non-hydrogen) atoms. The van der Waals surface area contributed by atoms with E-state index in [-0.39, 0.29) is 11.6 Å². The van der Waals surface area contributed by atoms with Gasteiger partial charge in [-0.15, -0.1) is 11.3 Å². The quantitative estimate of drug-likeness (QED) is 0.330. The minimum absolute atomic E-state index is 0.163. The van der Waals surface area contributed by atoms with Gasteiger partial charge in [-0.05, 0) is 30.4 Å². The van der Waals surface area contributed by atoms with Gasteiger partial charge >= 0.3 is 0 Å². The number of benzene rings is 3. The number of nitrogens with zero attached hydrogens (tertiary/aromatic N) is 1. The van der Waals surface area contributed by atoms with Gasteiger partial charge in [0.1, 0.15) is 10.8 Å². The normalized spacial score (nSPS) is 11.3. The monoisotopic (exact) mass is 359 g/mol. The summed E-state index contributed by atoms with van der Waals surface area (Å²) in [6.45, 7) is 0. The van der Waals surface area contributed by atoms with Crippen molar-refractivity contribution in [1.82, 2.24) is 4.98 Å². The fraction of sp³-hybridized carbons (Fsp3) is 0. The van der Waals surface area contributed by atoms with Crippen LogP contribution in [0.2, 0.25) is 0 Å². The molecule has 0 radical (unpaired) electrons. The second-order valence-electron chi connectivity index (χ2n) is 5.78. The fourth-order valence-electron chi connectivity index (χ4n) is 2.64. The highest BCUT2D eigenvalue weighted by molar-refractivity contribution is 7.21. The van der Waals surface area contributed by atoms with Gasteiger partial charge in [0.2, 0.25) is 0 Å². The number of carbonyl (C=O) groups is 1. The van der Waals surface area contributed by atoms with E-state index >= 15 is 0 Å². The molecule has 126 valence electrons. The maximum atomic E-state index is 13.6. The number of hydrogen-bond donors (Lipinski definition) is 0. The van der Waals surface area contributed by atoms with Crippen LogP contribution in [-0.4, -0.2) is 10.8 Å². The Kier molecular flexibility index (Phi) is 4.42. The standard InChI is InChI=1S/C22H14FNOS/c23-18-6-2-1-5-15(18)13-14-20(25)16-9-11-17(12-10-16)22-24-19-7-3-4-8-21(19)26-22/h1-14H. The van der Waals surface area contributed by atoms with Crippen molar-refractivity contribution >= 4 is 33.4 Å². The molecule has 0 atom stereocenters. The highest BCUT2D eigenvalue weighted by atomic mass is 32.1. The summed E-state index contributed by atoms with van der Waals surface area (Å²) in [5, 5.41) is 0.923. The average Bonchev–Trinajstić information content (AvgIpc) is 3.11. The molecule has 0 amide bonds. The molecule has 4 aromatic rings. The molecule has 4 rings (SSSR count). The van der Waals surface area contributed by atoms with Gasteiger partial charge in [0.05, 0.1) is 10.2 Å². The summed E-state index contributed by atoms with van der Waals surface area (Å²) in [6.07, 6.45) is 2.89. The Morgan fingerprint density at radius 3 is 2.42 bits per heavy atom. The zero-order valence-electron chi connectivity index (χ0n) is 13.7. The molecular formula is C22H14FNOS. The smallest absolute Gasteiger partial charge is 0.185 e. The number of hydrogen-bond acceptors (Lipinski definition) is 3. The summed E-state index contributed by atoms with van der Waals surface area (Å²) < 4.78 is 14.7. The molecule has 4 heteroatoms. The lowest BCUT2D eigenvalue weighted by molar-refractivity contribution is 0.104. The second kappa shape index (κ2) is 7.02. The summed E-state index contributed by atoms with van der Waals surface area (Å²) >= 11 is 1.62. The SMILES string of the molecule is O=C(C=Cc1ccccc1F)c1ccc(-c2nc3ccccc3s2)cc1. The highest BCUT2D eigenvalue weighted by Gasteiger charge is 2.07. The Balaban J connectivity index is 1.55. The molecule has 0 unspecified atom stereocenters. The van der Waals surface area contributed by atoms with Gasteiger partial charge in [0.15, 0.2) is 5.78 Å². The average molecular weight is 359 g/mol. The molecule has 0 saturated carbocycles. The van der Waals surface area contributed by atoms with Gasteiger partial charge < -0.3 is 0 Å². The van der Waals surface area contributed by atoms with Crippen LogP contribution in [0.15, 0.2) is 78.9 Å². The third-order valence-corrected chi connectivity index (χ3v) is 5.12. The van der Waals surface area contributed by atoms with E-state index in [0.717, 1.165) is 20.8 Å². The molecular weight excluding hydrogens is 345 g/mol. The van der Waals surface area contributed by atoms with E-state index in [4.69, 9.17) is 0 Å². The second-order valence-corrected chi connectivity index (χ2v) is 6.81. The van der Waals surface area contributed by atoms with E-state index in [0.29, 0.717) is 11.1 Å². The van der Waals surface area contributed by atoms with Crippen molar-refractivity contribution in [2.24, 2.45) is 0 Å². The molecule has 0 N–H and O–H groups in total. The van der Waals surface area contributed by atoms with Crippen LogP contribution in [-0.2, 0) is 0 Å². The lowest BCUT2D eigenvalue weighted by atomic mass is 10.1. The van der Waals surface area contributed by atoms with Crippen molar-refractivity contribution in [3.8, 4) is 10.6 Å². The lowest BCUT2D eigenvalue weighted by Gasteiger charge is -1.99. The maximum Gasteiger partial charge on any atom is 0.185 e. The fourth-order valence-corrected chi connectivity index (χ4v) is 3.62. The number of carbonyl (C=O) groups excluding carboxylic acids is 1. The van der Waals surface area contributed by atoms with Gasteiger partial charge in [0, 0.05) is 16.7 Å². The topological polar surface area (TPSA) is 30.0 Å². The first kappa shape index (κ1) is 16.4. The van der Waals surface area contributed by atoms with E-state index < -0.39 is 0 Å². The number of allylic oxidation sites excluding steroid dienone is 1. The first-order chi connectivity index (χ1) is 12.7. The zero-order valence-corrected chi connectivity index (χ0v) is 14.5. The summed E-state index contributed by atoms with van der Waals surface area (Å²) in [6, 6.07) is 21.7. The molecule has 0 aliphatic heterocycles. The van der Waals surface area contributed by atoms with Gasteiger partial charge in [-0.2, -0.15) is 0 Å². The van der Waals surface area contributed by atoms with Crippen molar-refractivity contribution in [2.45, 2.75) is 0 Å². The van der Waals surface area contributed by atoms with Crippen LogP contribution in [0.1, 0.15) is 15.9 Å². The predicted octanol–water partition coefficient (Wildman–Crippen LogP) is 6.00. The first-order valence-corrected chi connectivity index (χ1v) is 8.95. The van der Waals surface area contributed by atoms with Crippen LogP contribution in [0.4, 0.5) is 4.39 Å². The summed E-state index contributed by atoms with van der Waals surface area (Å²) in [7, 11) is 0. The molecule has 0 bridgehead atoms. The third kappa shape index (κ3) is 3.32. The van der Waals surface area contributed by atoms with Crippen molar-refractivity contribution in [3.05, 3.63) is 95.8 Å². The van der Waals surface area contributed by atoms with E-state index in [2.05, 4.69) is 4.98 Å². The zero-order chi connectivity index (χ0) is 17.9. The lowest BCUT2D eigenvalue weighted by Crippen LogP contribution is -1.94. The Hall–Kier alpha value is -3.11. The maximum absolute atomic E-state index is 13.6. The van der Waals surface area contributed by atoms with Crippen LogP contribution in [0, 0.1) is 5.82 Å². The molecule has 0 spiro atoms. The largest absolute Gasteiger partial charge is 0.289 e. The number of fused-ring (bicyclic) bond motifs is 1. The van der Waals surface area contributed by atoms with Crippen molar-refractivity contribution < 1.29 is 9.18 Å². The summed E-state index contributed by atoms with van der Waals surface area (Å²) in [5.41, 5.74) is 2.90. The predicted molar refractivity (Wildman–Crippen MR) is 105 cm³/mol. The molecule has 3 aromatic carbocycles. The summed E-state index contributed by atoms with van der Waals surface area (Å²) in [4.78, 5) is 16.9. The Morgan fingerprint density at radius 1 is 0.923 bits per heavy atom. The molecule has 0 aliphatic rings. The number of halogens is 1. The molecule has 1 aromatic heterocycles. The van der Waals surface area contributed by atoms with Crippen LogP contribution < -0.4 is 0 Å². The van der Waals surface area contributed by atoms with E-state index in [1.54, 1.807) is 41.7 Å². The van der Waals surface area contributed by atoms with Crippen LogP contribution in [0.25, 0.3) is 26.9 Å². The Morgan fingerprint density at radius 2 is 1.65 bits per heavy atom. The van der Waals surface area contributed by atoms with Crippen molar-refractivity contribution in [1.29, 1.82) is 0 Å². The van der Waals surface area contributed by atoms with Crippen LogP contribution in [0.3, 0.4) is 0 Å². The minimum Gasteiger partial charge on any atom is -0.289 e. The number of para-hydroxylation sites is 1. The third-order valence-electron chi connectivity index (χ3n) is 4.03. The van der Waals surface area contributed by atoms with Crippen molar-refractivity contribution in [3.63, 3.8) is 0 Å². The number of aromatic nitrogens is 1. The Bertz CT molecular complexity index is 1080. The summed E-state index contributed by atoms with van der Waals surface area (Å²) in [5.74, 6) is -0.508. The molecule has 0 fully saturated rings. The molecule has 0 saturated heterocycles. The Labute approximate surface area is 154 Å². The van der Waals surface area contributed by atoms with Gasteiger partial charge in [-0.1, -0.05) is 54.6 Å². The number of rotatable bonds is 4. The highest BCUT2D eigenvalue weighted by Crippen LogP contribution is 2.30. The van der Waals surface area contributed by atoms with E-state index in [1.165, 1.54) is 18.2 Å². The van der Waals surface area contributed by atoms with Crippen molar-refractivity contribution in [2.75, 3.05) is 0 Å². The van der Waals surface area contributed by atoms with E-state index in [9.17, 15) is 9.18 Å². The minimum atomic E-state index is -0.345. The molecule has 1 heterocycles. The molecule has 0 aliphatic carbocycles. The molecule has 2 nitrogen and oxygen atoms in total. The van der Waals surface area contributed by atoms with Crippen LogP contribution in [0.5, 0.6) is 0 Å². The number of ketones is 1. The van der Waals surface area contributed by atoms with Gasteiger partial charge in [-0.3, -0.25) is 4.79 Å². The van der Waals surface area contributed by atoms with Crippen LogP contribution >= 0.6 is 11.3 Å².